The van der Waals surface area contributed by atoms with Gasteiger partial charge in [0.15, 0.2) is 0 Å². The number of aliphatic carboxylic acids is 1. The SMILES string of the molecule is COC(C)/C=C/C1C(OC)CC(O)C1C/C=C/CCCC(=O)O. The first-order valence-electron chi connectivity index (χ1n) is 8.28. The van der Waals surface area contributed by atoms with Crippen LogP contribution in [0.25, 0.3) is 0 Å². The topological polar surface area (TPSA) is 76.0 Å². The predicted molar refractivity (Wildman–Crippen MR) is 89.3 cm³/mol. The Labute approximate surface area is 139 Å². The third-order valence-corrected chi connectivity index (χ3v) is 4.51. The number of allylic oxidation sites excluding steroid dienone is 2. The van der Waals surface area contributed by atoms with Crippen molar-refractivity contribution in [3.05, 3.63) is 24.3 Å². The van der Waals surface area contributed by atoms with Crippen LogP contribution < -0.4 is 0 Å². The second kappa shape index (κ2) is 10.6. The van der Waals surface area contributed by atoms with Crippen LogP contribution in [0.1, 0.15) is 39.0 Å². The number of carboxylic acids is 1. The van der Waals surface area contributed by atoms with Crippen LogP contribution in [0.3, 0.4) is 0 Å². The molecule has 1 fully saturated rings. The Morgan fingerprint density at radius 1 is 1.35 bits per heavy atom. The molecule has 1 aliphatic carbocycles. The summed E-state index contributed by atoms with van der Waals surface area (Å²) in [5.41, 5.74) is 0. The molecule has 1 aliphatic rings. The van der Waals surface area contributed by atoms with Crippen molar-refractivity contribution in [2.24, 2.45) is 11.8 Å². The van der Waals surface area contributed by atoms with Crippen molar-refractivity contribution >= 4 is 5.97 Å². The summed E-state index contributed by atoms with van der Waals surface area (Å²) in [4.78, 5) is 10.5. The Balaban J connectivity index is 2.56. The largest absolute Gasteiger partial charge is 0.481 e. The first kappa shape index (κ1) is 19.9. The monoisotopic (exact) mass is 326 g/mol. The van der Waals surface area contributed by atoms with Crippen molar-refractivity contribution in [2.45, 2.75) is 57.3 Å². The molecule has 0 spiro atoms. The molecular weight excluding hydrogens is 296 g/mol. The van der Waals surface area contributed by atoms with Gasteiger partial charge < -0.3 is 19.7 Å². The number of hydrogen-bond acceptors (Lipinski definition) is 4. The lowest BCUT2D eigenvalue weighted by Crippen LogP contribution is -2.21. The molecule has 0 aliphatic heterocycles. The Kier molecular flexibility index (Phi) is 9.14. The zero-order valence-corrected chi connectivity index (χ0v) is 14.4. The first-order chi connectivity index (χ1) is 11.0. The summed E-state index contributed by atoms with van der Waals surface area (Å²) in [6, 6.07) is 0. The van der Waals surface area contributed by atoms with Gasteiger partial charge >= 0.3 is 5.97 Å². The maximum atomic E-state index is 10.5. The van der Waals surface area contributed by atoms with Crippen LogP contribution >= 0.6 is 0 Å². The second-order valence-corrected chi connectivity index (χ2v) is 6.14. The molecule has 1 saturated carbocycles. The smallest absolute Gasteiger partial charge is 0.303 e. The van der Waals surface area contributed by atoms with Crippen LogP contribution in [0.5, 0.6) is 0 Å². The van der Waals surface area contributed by atoms with E-state index in [1.54, 1.807) is 14.2 Å². The molecule has 0 radical (unpaired) electrons. The highest BCUT2D eigenvalue weighted by molar-refractivity contribution is 5.66. The molecule has 5 unspecified atom stereocenters. The highest BCUT2D eigenvalue weighted by Crippen LogP contribution is 2.37. The average molecular weight is 326 g/mol. The van der Waals surface area contributed by atoms with E-state index in [0.717, 1.165) is 12.8 Å². The van der Waals surface area contributed by atoms with E-state index in [4.69, 9.17) is 14.6 Å². The number of methoxy groups -OCH3 is 2. The van der Waals surface area contributed by atoms with E-state index in [9.17, 15) is 9.90 Å². The fourth-order valence-electron chi connectivity index (χ4n) is 3.04. The number of ether oxygens (including phenoxy) is 2. The predicted octanol–water partition coefficient (Wildman–Crippen LogP) is 2.79. The molecule has 0 bridgehead atoms. The molecule has 5 heteroatoms. The molecule has 0 aromatic rings. The van der Waals surface area contributed by atoms with Crippen molar-refractivity contribution in [1.29, 1.82) is 0 Å². The zero-order chi connectivity index (χ0) is 17.2. The quantitative estimate of drug-likeness (QED) is 0.477. The van der Waals surface area contributed by atoms with Gasteiger partial charge in [0, 0.05) is 33.0 Å². The zero-order valence-electron chi connectivity index (χ0n) is 14.4. The van der Waals surface area contributed by atoms with Crippen LogP contribution in [0.4, 0.5) is 0 Å². The molecule has 23 heavy (non-hydrogen) atoms. The van der Waals surface area contributed by atoms with Crippen molar-refractivity contribution in [3.63, 3.8) is 0 Å². The summed E-state index contributed by atoms with van der Waals surface area (Å²) in [6.07, 6.45) is 10.9. The maximum Gasteiger partial charge on any atom is 0.303 e. The van der Waals surface area contributed by atoms with Gasteiger partial charge in [-0.05, 0) is 32.1 Å². The number of rotatable bonds is 10. The molecule has 1 rings (SSSR count). The van der Waals surface area contributed by atoms with Crippen molar-refractivity contribution < 1.29 is 24.5 Å². The number of hydrogen-bond donors (Lipinski definition) is 2. The van der Waals surface area contributed by atoms with Gasteiger partial charge in [-0.25, -0.2) is 0 Å². The Bertz CT molecular complexity index is 404. The molecule has 0 aromatic heterocycles. The van der Waals surface area contributed by atoms with Gasteiger partial charge in [0.1, 0.15) is 0 Å². The number of unbranched alkanes of at least 4 members (excludes halogenated alkanes) is 1. The lowest BCUT2D eigenvalue weighted by molar-refractivity contribution is -0.137. The van der Waals surface area contributed by atoms with Gasteiger partial charge in [-0.3, -0.25) is 4.79 Å². The minimum absolute atomic E-state index is 0.0238. The van der Waals surface area contributed by atoms with E-state index >= 15 is 0 Å². The Hall–Kier alpha value is -1.17. The summed E-state index contributed by atoms with van der Waals surface area (Å²) in [5.74, 6) is -0.475. The first-order valence-corrected chi connectivity index (χ1v) is 8.28. The maximum absolute atomic E-state index is 10.5. The average Bonchev–Trinajstić information content (AvgIpc) is 2.83. The van der Waals surface area contributed by atoms with Crippen molar-refractivity contribution in [2.75, 3.05) is 14.2 Å². The van der Waals surface area contributed by atoms with Gasteiger partial charge in [0.05, 0.1) is 18.3 Å². The van der Waals surface area contributed by atoms with E-state index in [2.05, 4.69) is 6.08 Å². The van der Waals surface area contributed by atoms with E-state index in [-0.39, 0.29) is 36.6 Å². The standard InChI is InChI=1S/C18H30O5/c1-13(22-2)10-11-15-14(16(19)12-17(15)23-3)8-6-4-5-7-9-18(20)21/h4,6,10-11,13-17,19H,5,7-9,12H2,1-3H3,(H,20,21)/b6-4+,11-10+. The molecule has 5 nitrogen and oxygen atoms in total. The summed E-state index contributed by atoms with van der Waals surface area (Å²) >= 11 is 0. The minimum Gasteiger partial charge on any atom is -0.481 e. The summed E-state index contributed by atoms with van der Waals surface area (Å²) in [7, 11) is 3.35. The normalized spacial score (nSPS) is 29.6. The van der Waals surface area contributed by atoms with Gasteiger partial charge in [0.25, 0.3) is 0 Å². The molecule has 0 amide bonds. The number of aliphatic hydroxyl groups excluding tert-OH is 1. The third-order valence-electron chi connectivity index (χ3n) is 4.51. The second-order valence-electron chi connectivity index (χ2n) is 6.14. The highest BCUT2D eigenvalue weighted by atomic mass is 16.5. The summed E-state index contributed by atoms with van der Waals surface area (Å²) in [5, 5.41) is 18.9. The van der Waals surface area contributed by atoms with E-state index < -0.39 is 5.97 Å². The number of carboxylic acid groups (broad SMARTS) is 1. The third kappa shape index (κ3) is 6.85. The summed E-state index contributed by atoms with van der Waals surface area (Å²) < 4.78 is 10.8. The number of carbonyl (C=O) groups is 1. The fourth-order valence-corrected chi connectivity index (χ4v) is 3.04. The van der Waals surface area contributed by atoms with Crippen molar-refractivity contribution in [1.82, 2.24) is 0 Å². The van der Waals surface area contributed by atoms with Crippen LogP contribution in [0.15, 0.2) is 24.3 Å². The lowest BCUT2D eigenvalue weighted by atomic mass is 9.89. The Morgan fingerprint density at radius 3 is 2.70 bits per heavy atom. The lowest BCUT2D eigenvalue weighted by Gasteiger charge is -2.21. The van der Waals surface area contributed by atoms with Gasteiger partial charge in [0.2, 0.25) is 0 Å². The molecule has 0 saturated heterocycles. The van der Waals surface area contributed by atoms with Crippen LogP contribution in [-0.4, -0.2) is 48.7 Å². The molecule has 5 atom stereocenters. The molecule has 132 valence electrons. The van der Waals surface area contributed by atoms with Crippen LogP contribution in [0.2, 0.25) is 0 Å². The van der Waals surface area contributed by atoms with Crippen LogP contribution in [-0.2, 0) is 14.3 Å². The molecular formula is C18H30O5. The van der Waals surface area contributed by atoms with Gasteiger partial charge in [-0.15, -0.1) is 0 Å². The fraction of sp³-hybridized carbons (Fsp3) is 0.722. The molecule has 0 heterocycles. The van der Waals surface area contributed by atoms with Crippen LogP contribution in [0, 0.1) is 11.8 Å². The highest BCUT2D eigenvalue weighted by Gasteiger charge is 2.40. The van der Waals surface area contributed by atoms with E-state index in [1.807, 2.05) is 25.2 Å². The van der Waals surface area contributed by atoms with E-state index in [1.165, 1.54) is 0 Å². The minimum atomic E-state index is -0.759. The molecule has 2 N–H and O–H groups in total. The van der Waals surface area contributed by atoms with Crippen molar-refractivity contribution in [3.8, 4) is 0 Å². The number of aliphatic hydroxyl groups is 1. The molecule has 0 aromatic carbocycles. The van der Waals surface area contributed by atoms with Gasteiger partial charge in [-0.1, -0.05) is 24.3 Å². The van der Waals surface area contributed by atoms with Gasteiger partial charge in [-0.2, -0.15) is 0 Å². The van der Waals surface area contributed by atoms with E-state index in [0.29, 0.717) is 12.8 Å². The summed E-state index contributed by atoms with van der Waals surface area (Å²) in [6.45, 7) is 1.97. The Morgan fingerprint density at radius 2 is 2.09 bits per heavy atom.